The van der Waals surface area contributed by atoms with Crippen molar-refractivity contribution in [2.45, 2.75) is 12.8 Å². The smallest absolute Gasteiger partial charge is 0.339 e. The largest absolute Gasteiger partial charge is 0.469 e. The van der Waals surface area contributed by atoms with Gasteiger partial charge in [-0.15, -0.1) is 11.3 Å². The molecular formula is C23H22N2O5S. The van der Waals surface area contributed by atoms with Gasteiger partial charge in [0.05, 0.1) is 34.7 Å². The summed E-state index contributed by atoms with van der Waals surface area (Å²) in [7, 11) is 1.37. The molecule has 4 rings (SSSR count). The Hall–Kier alpha value is -3.26. The number of nitrogens with zero attached hydrogens (tertiary/aromatic N) is 2. The second-order valence-electron chi connectivity index (χ2n) is 7.30. The average molecular weight is 439 g/mol. The number of carbonyl (C=O) groups excluding carboxylic acids is 3. The Bertz CT molecular complexity index is 1100. The number of ether oxygens (including phenoxy) is 2. The summed E-state index contributed by atoms with van der Waals surface area (Å²) >= 11 is 1.54. The van der Waals surface area contributed by atoms with Crippen molar-refractivity contribution in [2.24, 2.45) is 5.92 Å². The molecule has 8 heteroatoms. The van der Waals surface area contributed by atoms with Crippen LogP contribution in [0.2, 0.25) is 0 Å². The Balaban J connectivity index is 1.45. The van der Waals surface area contributed by atoms with E-state index in [0.29, 0.717) is 48.1 Å². The second-order valence-corrected chi connectivity index (χ2v) is 8.25. The molecule has 1 amide bonds. The van der Waals surface area contributed by atoms with Gasteiger partial charge in [0, 0.05) is 18.5 Å². The fourth-order valence-electron chi connectivity index (χ4n) is 3.72. The quantitative estimate of drug-likeness (QED) is 0.567. The average Bonchev–Trinajstić information content (AvgIpc) is 3.36. The minimum atomic E-state index is -0.561. The summed E-state index contributed by atoms with van der Waals surface area (Å²) in [5.74, 6) is -1.26. The second kappa shape index (κ2) is 9.26. The molecule has 0 aliphatic carbocycles. The number of likely N-dealkylation sites (tertiary alicyclic amines) is 1. The molecule has 2 aromatic heterocycles. The van der Waals surface area contributed by atoms with E-state index in [1.54, 1.807) is 11.0 Å². The van der Waals surface area contributed by atoms with Gasteiger partial charge in [0.25, 0.3) is 5.91 Å². The fourth-order valence-corrected chi connectivity index (χ4v) is 4.41. The summed E-state index contributed by atoms with van der Waals surface area (Å²) in [4.78, 5) is 44.2. The van der Waals surface area contributed by atoms with E-state index in [1.165, 1.54) is 18.4 Å². The molecule has 3 aromatic rings. The van der Waals surface area contributed by atoms with Gasteiger partial charge in [0.2, 0.25) is 0 Å². The predicted octanol–water partition coefficient (Wildman–Crippen LogP) is 3.53. The number of esters is 2. The number of pyridine rings is 1. The first-order valence-electron chi connectivity index (χ1n) is 10.0. The molecule has 0 N–H and O–H groups in total. The van der Waals surface area contributed by atoms with Crippen LogP contribution in [0.1, 0.15) is 23.2 Å². The lowest BCUT2D eigenvalue weighted by molar-refractivity contribution is -0.149. The SMILES string of the molecule is COC(=O)C1CCN(C(=O)COC(=O)c2cc(-c3cccs3)nc3ccccc23)CC1. The summed E-state index contributed by atoms with van der Waals surface area (Å²) in [6, 6.07) is 12.9. The number of rotatable bonds is 5. The number of hydrogen-bond acceptors (Lipinski definition) is 7. The van der Waals surface area contributed by atoms with Gasteiger partial charge in [-0.3, -0.25) is 9.59 Å². The van der Waals surface area contributed by atoms with Crippen molar-refractivity contribution in [2.75, 3.05) is 26.8 Å². The zero-order valence-electron chi connectivity index (χ0n) is 17.1. The van der Waals surface area contributed by atoms with E-state index in [-0.39, 0.29) is 24.4 Å². The van der Waals surface area contributed by atoms with Gasteiger partial charge in [-0.25, -0.2) is 9.78 Å². The van der Waals surface area contributed by atoms with Crippen LogP contribution < -0.4 is 0 Å². The zero-order chi connectivity index (χ0) is 21.8. The summed E-state index contributed by atoms with van der Waals surface area (Å²) in [6.07, 6.45) is 1.09. The van der Waals surface area contributed by atoms with Crippen LogP contribution in [0.25, 0.3) is 21.5 Å². The summed E-state index contributed by atoms with van der Waals surface area (Å²) in [5.41, 5.74) is 1.76. The normalized spacial score (nSPS) is 14.4. The third-order valence-corrected chi connectivity index (χ3v) is 6.31. The van der Waals surface area contributed by atoms with Gasteiger partial charge in [-0.1, -0.05) is 24.3 Å². The van der Waals surface area contributed by atoms with E-state index in [9.17, 15) is 14.4 Å². The summed E-state index contributed by atoms with van der Waals surface area (Å²) in [6.45, 7) is 0.542. The Kier molecular flexibility index (Phi) is 6.27. The van der Waals surface area contributed by atoms with Crippen LogP contribution in [0.4, 0.5) is 0 Å². The maximum atomic E-state index is 12.9. The maximum absolute atomic E-state index is 12.9. The Labute approximate surface area is 183 Å². The molecule has 3 heterocycles. The zero-order valence-corrected chi connectivity index (χ0v) is 17.9. The van der Waals surface area contributed by atoms with Gasteiger partial charge < -0.3 is 14.4 Å². The van der Waals surface area contributed by atoms with Crippen molar-refractivity contribution in [3.8, 4) is 10.6 Å². The lowest BCUT2D eigenvalue weighted by Crippen LogP contribution is -2.42. The molecule has 31 heavy (non-hydrogen) atoms. The maximum Gasteiger partial charge on any atom is 0.339 e. The number of thiophene rings is 1. The van der Waals surface area contributed by atoms with Crippen molar-refractivity contribution in [1.82, 2.24) is 9.88 Å². The standard InChI is InChI=1S/C23H22N2O5S/c1-29-22(27)15-8-10-25(11-9-15)21(26)14-30-23(28)17-13-19(20-7-4-12-31-20)24-18-6-3-2-5-16(17)18/h2-7,12-13,15H,8-11,14H2,1H3. The van der Waals surface area contributed by atoms with Gasteiger partial charge in [-0.05, 0) is 36.4 Å². The number of methoxy groups -OCH3 is 1. The van der Waals surface area contributed by atoms with Crippen molar-refractivity contribution < 1.29 is 23.9 Å². The molecule has 1 fully saturated rings. The van der Waals surface area contributed by atoms with Gasteiger partial charge in [0.1, 0.15) is 0 Å². The molecule has 0 spiro atoms. The Morgan fingerprint density at radius 2 is 1.90 bits per heavy atom. The van der Waals surface area contributed by atoms with Gasteiger partial charge >= 0.3 is 11.9 Å². The topological polar surface area (TPSA) is 85.8 Å². The number of piperidine rings is 1. The highest BCUT2D eigenvalue weighted by Crippen LogP contribution is 2.28. The number of benzene rings is 1. The molecule has 0 bridgehead atoms. The van der Waals surface area contributed by atoms with Gasteiger partial charge in [0.15, 0.2) is 6.61 Å². The van der Waals surface area contributed by atoms with Crippen molar-refractivity contribution in [3.63, 3.8) is 0 Å². The van der Waals surface area contributed by atoms with E-state index in [2.05, 4.69) is 4.98 Å². The monoisotopic (exact) mass is 438 g/mol. The molecule has 0 atom stereocenters. The Morgan fingerprint density at radius 1 is 1.13 bits per heavy atom. The van der Waals surface area contributed by atoms with Crippen LogP contribution in [-0.2, 0) is 19.1 Å². The summed E-state index contributed by atoms with van der Waals surface area (Å²) in [5, 5.41) is 2.63. The molecule has 1 aromatic carbocycles. The molecular weight excluding hydrogens is 416 g/mol. The first-order valence-corrected chi connectivity index (χ1v) is 10.9. The minimum Gasteiger partial charge on any atom is -0.469 e. The third-order valence-electron chi connectivity index (χ3n) is 5.42. The van der Waals surface area contributed by atoms with Crippen LogP contribution in [0.3, 0.4) is 0 Å². The molecule has 1 aliphatic heterocycles. The molecule has 7 nitrogen and oxygen atoms in total. The van der Waals surface area contributed by atoms with Crippen molar-refractivity contribution >= 4 is 40.1 Å². The van der Waals surface area contributed by atoms with E-state index in [1.807, 2.05) is 41.8 Å². The molecule has 1 saturated heterocycles. The lowest BCUT2D eigenvalue weighted by atomic mass is 9.97. The lowest BCUT2D eigenvalue weighted by Gasteiger charge is -2.30. The first kappa shape index (κ1) is 21.0. The minimum absolute atomic E-state index is 0.185. The fraction of sp³-hybridized carbons (Fsp3) is 0.304. The molecule has 1 aliphatic rings. The number of carbonyl (C=O) groups is 3. The third kappa shape index (κ3) is 4.59. The number of fused-ring (bicyclic) bond motifs is 1. The molecule has 0 radical (unpaired) electrons. The van der Waals surface area contributed by atoms with E-state index in [0.717, 1.165) is 4.88 Å². The number of hydrogen-bond donors (Lipinski definition) is 0. The molecule has 160 valence electrons. The highest BCUT2D eigenvalue weighted by Gasteiger charge is 2.28. The van der Waals surface area contributed by atoms with Crippen LogP contribution in [0, 0.1) is 5.92 Å². The highest BCUT2D eigenvalue weighted by atomic mass is 32.1. The predicted molar refractivity (Wildman–Crippen MR) is 117 cm³/mol. The molecule has 0 unspecified atom stereocenters. The first-order chi connectivity index (χ1) is 15.1. The van der Waals surface area contributed by atoms with Crippen molar-refractivity contribution in [1.29, 1.82) is 0 Å². The van der Waals surface area contributed by atoms with Gasteiger partial charge in [-0.2, -0.15) is 0 Å². The Morgan fingerprint density at radius 3 is 2.61 bits per heavy atom. The number of aromatic nitrogens is 1. The van der Waals surface area contributed by atoms with E-state index in [4.69, 9.17) is 9.47 Å². The number of amides is 1. The van der Waals surface area contributed by atoms with Crippen molar-refractivity contribution in [3.05, 3.63) is 53.4 Å². The van der Waals surface area contributed by atoms with Crippen LogP contribution in [0.5, 0.6) is 0 Å². The van der Waals surface area contributed by atoms with Crippen LogP contribution in [0.15, 0.2) is 47.8 Å². The van der Waals surface area contributed by atoms with Crippen LogP contribution in [-0.4, -0.2) is 54.5 Å². The molecule has 0 saturated carbocycles. The number of para-hydroxylation sites is 1. The summed E-state index contributed by atoms with van der Waals surface area (Å²) < 4.78 is 10.1. The van der Waals surface area contributed by atoms with E-state index < -0.39 is 5.97 Å². The van der Waals surface area contributed by atoms with Crippen LogP contribution >= 0.6 is 11.3 Å². The highest BCUT2D eigenvalue weighted by molar-refractivity contribution is 7.13. The van der Waals surface area contributed by atoms with E-state index >= 15 is 0 Å².